The molecule has 2 fully saturated rings. The fourth-order valence-corrected chi connectivity index (χ4v) is 5.46. The first-order valence-electron chi connectivity index (χ1n) is 12.6. The van der Waals surface area contributed by atoms with Gasteiger partial charge in [-0.15, -0.1) is 0 Å². The Hall–Kier alpha value is -2.62. The van der Waals surface area contributed by atoms with Crippen molar-refractivity contribution < 1.29 is 34.3 Å². The fourth-order valence-electron chi connectivity index (χ4n) is 5.46. The van der Waals surface area contributed by atoms with E-state index in [0.29, 0.717) is 0 Å². The number of rotatable bonds is 9. The normalized spacial score (nSPS) is 33.2. The highest BCUT2D eigenvalue weighted by Crippen LogP contribution is 2.52. The molecule has 7 heteroatoms. The molecular weight excluding hydrogens is 472 g/mol. The third-order valence-corrected chi connectivity index (χ3v) is 7.52. The summed E-state index contributed by atoms with van der Waals surface area (Å²) in [6.45, 7) is 2.43. The molecule has 196 valence electrons. The Labute approximate surface area is 217 Å². The Morgan fingerprint density at radius 2 is 1.14 bits per heavy atom. The smallest absolute Gasteiger partial charge is 0.181 e. The molecule has 2 aliphatic rings. The summed E-state index contributed by atoms with van der Waals surface area (Å²) in [7, 11) is 0. The van der Waals surface area contributed by atoms with Crippen LogP contribution in [0, 0.1) is 0 Å². The monoisotopic (exact) mass is 506 g/mol. The molecule has 0 spiro atoms. The van der Waals surface area contributed by atoms with Crippen molar-refractivity contribution in [1.82, 2.24) is 0 Å². The van der Waals surface area contributed by atoms with Gasteiger partial charge in [0.05, 0.1) is 19.8 Å². The average Bonchev–Trinajstić information content (AvgIpc) is 3.09. The molecule has 0 aromatic heterocycles. The van der Waals surface area contributed by atoms with Gasteiger partial charge < -0.3 is 34.3 Å². The van der Waals surface area contributed by atoms with Crippen LogP contribution in [0.1, 0.15) is 30.0 Å². The molecule has 0 bridgehead atoms. The quantitative estimate of drug-likeness (QED) is 0.410. The zero-order chi connectivity index (χ0) is 25.9. The predicted molar refractivity (Wildman–Crippen MR) is 136 cm³/mol. The zero-order valence-electron chi connectivity index (χ0n) is 20.9. The average molecular weight is 507 g/mol. The van der Waals surface area contributed by atoms with Crippen LogP contribution in [0.15, 0.2) is 91.0 Å². The molecule has 1 saturated heterocycles. The summed E-state index contributed by atoms with van der Waals surface area (Å²) >= 11 is 0. The van der Waals surface area contributed by atoms with Gasteiger partial charge in [0.2, 0.25) is 0 Å². The van der Waals surface area contributed by atoms with Gasteiger partial charge in [0.15, 0.2) is 6.29 Å². The Balaban J connectivity index is 1.48. The van der Waals surface area contributed by atoms with Gasteiger partial charge in [0, 0.05) is 6.42 Å². The van der Waals surface area contributed by atoms with Crippen LogP contribution in [-0.2, 0) is 38.8 Å². The van der Waals surface area contributed by atoms with E-state index in [2.05, 4.69) is 0 Å². The molecule has 37 heavy (non-hydrogen) atoms. The molecule has 7 atom stereocenters. The number of hydrogen-bond acceptors (Lipinski definition) is 7. The van der Waals surface area contributed by atoms with Crippen LogP contribution >= 0.6 is 0 Å². The van der Waals surface area contributed by atoms with Gasteiger partial charge in [0.1, 0.15) is 35.6 Å². The van der Waals surface area contributed by atoms with Crippen LogP contribution in [0.3, 0.4) is 0 Å². The van der Waals surface area contributed by atoms with E-state index >= 15 is 0 Å². The van der Waals surface area contributed by atoms with Gasteiger partial charge in [-0.2, -0.15) is 0 Å². The second kappa shape index (κ2) is 11.0. The first-order valence-corrected chi connectivity index (χ1v) is 12.6. The van der Waals surface area contributed by atoms with Gasteiger partial charge in [0.25, 0.3) is 0 Å². The molecule has 0 radical (unpaired) electrons. The molecular formula is C30H34O7. The van der Waals surface area contributed by atoms with Crippen molar-refractivity contribution in [3.8, 4) is 0 Å². The highest BCUT2D eigenvalue weighted by molar-refractivity contribution is 5.24. The van der Waals surface area contributed by atoms with E-state index in [-0.39, 0.29) is 26.2 Å². The molecule has 3 N–H and O–H groups in total. The molecule has 3 aromatic carbocycles. The minimum Gasteiger partial charge on any atom is -0.388 e. The SMILES string of the molecule is C[C@@]12OC(O)[C@@H](O)C[C@]1(O)[C@@H](OCc1ccccc1)[C@H](OCc1ccccc1)[C@H]2OCc1ccccc1. The minimum absolute atomic E-state index is 0.152. The maximum Gasteiger partial charge on any atom is 0.181 e. The number of aliphatic hydroxyl groups is 3. The summed E-state index contributed by atoms with van der Waals surface area (Å²) in [5.41, 5.74) is -0.270. The minimum atomic E-state index is -1.69. The number of ether oxygens (including phenoxy) is 4. The van der Waals surface area contributed by atoms with E-state index in [4.69, 9.17) is 18.9 Å². The molecule has 7 nitrogen and oxygen atoms in total. The first-order chi connectivity index (χ1) is 17.9. The van der Waals surface area contributed by atoms with E-state index in [1.807, 2.05) is 91.0 Å². The lowest BCUT2D eigenvalue weighted by Gasteiger charge is -2.49. The van der Waals surface area contributed by atoms with Crippen molar-refractivity contribution >= 4 is 0 Å². The predicted octanol–water partition coefficient (Wildman–Crippen LogP) is 3.35. The molecule has 0 amide bonds. The number of fused-ring (bicyclic) bond motifs is 1. The standard InChI is InChI=1S/C30H34O7/c1-29-26(35-19-22-13-7-3-8-14-22)25(34-18-21-11-5-2-6-12-21)27(36-20-23-15-9-4-10-16-23)30(29,33)17-24(31)28(32)37-29/h2-16,24-28,31-33H,17-20H2,1H3/t24-,25+,26+,27-,28?,29-,30-/m0/s1. The van der Waals surface area contributed by atoms with E-state index in [9.17, 15) is 15.3 Å². The third kappa shape index (κ3) is 5.22. The van der Waals surface area contributed by atoms with E-state index < -0.39 is 41.9 Å². The van der Waals surface area contributed by atoms with Gasteiger partial charge >= 0.3 is 0 Å². The highest BCUT2D eigenvalue weighted by Gasteiger charge is 2.73. The maximum atomic E-state index is 12.2. The molecule has 3 aromatic rings. The lowest BCUT2D eigenvalue weighted by molar-refractivity contribution is -0.336. The first kappa shape index (κ1) is 26.0. The summed E-state index contributed by atoms with van der Waals surface area (Å²) < 4.78 is 25.2. The summed E-state index contributed by atoms with van der Waals surface area (Å²) in [6.07, 6.45) is -5.37. The zero-order valence-corrected chi connectivity index (χ0v) is 20.9. The molecule has 5 rings (SSSR count). The van der Waals surface area contributed by atoms with Gasteiger partial charge in [-0.3, -0.25) is 0 Å². The second-order valence-corrected chi connectivity index (χ2v) is 10.0. The molecule has 1 unspecified atom stereocenters. The topological polar surface area (TPSA) is 97.6 Å². The Kier molecular flexibility index (Phi) is 7.74. The van der Waals surface area contributed by atoms with Crippen molar-refractivity contribution in [1.29, 1.82) is 0 Å². The molecule has 1 aliphatic heterocycles. The number of hydrogen-bond donors (Lipinski definition) is 3. The number of benzene rings is 3. The van der Waals surface area contributed by atoms with E-state index in [0.717, 1.165) is 16.7 Å². The van der Waals surface area contributed by atoms with E-state index in [1.165, 1.54) is 0 Å². The second-order valence-electron chi connectivity index (χ2n) is 10.0. The van der Waals surface area contributed by atoms with Crippen molar-refractivity contribution in [2.45, 2.75) is 75.1 Å². The Morgan fingerprint density at radius 3 is 1.62 bits per heavy atom. The molecule has 1 saturated carbocycles. The van der Waals surface area contributed by atoms with Crippen LogP contribution < -0.4 is 0 Å². The third-order valence-electron chi connectivity index (χ3n) is 7.52. The largest absolute Gasteiger partial charge is 0.388 e. The van der Waals surface area contributed by atoms with Crippen LogP contribution in [0.25, 0.3) is 0 Å². The highest BCUT2D eigenvalue weighted by atomic mass is 16.7. The van der Waals surface area contributed by atoms with Crippen molar-refractivity contribution in [2.24, 2.45) is 0 Å². The van der Waals surface area contributed by atoms with Crippen LogP contribution in [0.4, 0.5) is 0 Å². The number of aliphatic hydroxyl groups excluding tert-OH is 2. The van der Waals surface area contributed by atoms with Crippen LogP contribution in [-0.4, -0.2) is 57.2 Å². The Morgan fingerprint density at radius 1 is 0.703 bits per heavy atom. The van der Waals surface area contributed by atoms with E-state index in [1.54, 1.807) is 6.92 Å². The lowest BCUT2D eigenvalue weighted by Crippen LogP contribution is -2.67. The van der Waals surface area contributed by atoms with Crippen molar-refractivity contribution in [3.05, 3.63) is 108 Å². The summed E-state index contributed by atoms with van der Waals surface area (Å²) in [5.74, 6) is 0. The van der Waals surface area contributed by atoms with Gasteiger partial charge in [-0.1, -0.05) is 91.0 Å². The van der Waals surface area contributed by atoms with Crippen LogP contribution in [0.2, 0.25) is 0 Å². The summed E-state index contributed by atoms with van der Waals surface area (Å²) in [4.78, 5) is 0. The fraction of sp³-hybridized carbons (Fsp3) is 0.400. The van der Waals surface area contributed by atoms with Gasteiger partial charge in [-0.25, -0.2) is 0 Å². The summed E-state index contributed by atoms with van der Waals surface area (Å²) in [6, 6.07) is 29.1. The van der Waals surface area contributed by atoms with Crippen LogP contribution in [0.5, 0.6) is 0 Å². The maximum absolute atomic E-state index is 12.2. The summed E-state index contributed by atoms with van der Waals surface area (Å²) in [5, 5.41) is 33.1. The lowest BCUT2D eigenvalue weighted by atomic mass is 9.78. The molecule has 1 heterocycles. The van der Waals surface area contributed by atoms with Gasteiger partial charge in [-0.05, 0) is 23.6 Å². The van der Waals surface area contributed by atoms with Crippen molar-refractivity contribution in [2.75, 3.05) is 0 Å². The Bertz CT molecular complexity index is 1060. The van der Waals surface area contributed by atoms with Crippen molar-refractivity contribution in [3.63, 3.8) is 0 Å². The molecule has 1 aliphatic carbocycles.